The highest BCUT2D eigenvalue weighted by Gasteiger charge is 2.34. The van der Waals surface area contributed by atoms with E-state index < -0.39 is 11.9 Å². The number of aliphatic hydroxyl groups is 1. The number of piperazine rings is 1. The van der Waals surface area contributed by atoms with Gasteiger partial charge in [-0.25, -0.2) is 4.39 Å². The van der Waals surface area contributed by atoms with Crippen molar-refractivity contribution in [2.45, 2.75) is 38.8 Å². The Bertz CT molecular complexity index is 951. The summed E-state index contributed by atoms with van der Waals surface area (Å²) in [5, 5.41) is 11.3. The molecule has 0 aliphatic carbocycles. The third kappa shape index (κ3) is 3.81. The van der Waals surface area contributed by atoms with Crippen LogP contribution >= 0.6 is 0 Å². The second-order valence-corrected chi connectivity index (χ2v) is 8.22. The first-order valence-corrected chi connectivity index (χ1v) is 10.5. The number of carbonyl (C=O) groups excluding carboxylic acids is 2. The van der Waals surface area contributed by atoms with Crippen molar-refractivity contribution >= 4 is 22.8 Å². The topological polar surface area (TPSA) is 77.2 Å². The molecule has 2 amide bonds. The van der Waals surface area contributed by atoms with Crippen LogP contribution in [0.1, 0.15) is 35.9 Å². The Hall–Kier alpha value is -2.45. The standard InChI is InChI=1S/C22H28FN3O4/c1-14-16-4-3-5-17(23)21(16)30-20(14)22(29)26-8-6-18(19(28)7-9-26)25-12-10-24(11-13-25)15(2)27/h3-5,18-19,28H,6-13H2,1-2H3/t18-,19-/m0/s1. The number of aliphatic hydroxyl groups excluding tert-OH is 1. The molecule has 8 heteroatoms. The van der Waals surface area contributed by atoms with Crippen LogP contribution in [-0.4, -0.2) is 83.0 Å². The number of rotatable bonds is 2. The monoisotopic (exact) mass is 417 g/mol. The smallest absolute Gasteiger partial charge is 0.289 e. The van der Waals surface area contributed by atoms with Gasteiger partial charge >= 0.3 is 0 Å². The molecule has 1 aromatic carbocycles. The number of aryl methyl sites for hydroxylation is 1. The van der Waals surface area contributed by atoms with E-state index in [-0.39, 0.29) is 29.2 Å². The highest BCUT2D eigenvalue weighted by atomic mass is 19.1. The predicted molar refractivity (Wildman–Crippen MR) is 110 cm³/mol. The molecule has 0 bridgehead atoms. The third-order valence-electron chi connectivity index (χ3n) is 6.46. The molecular weight excluding hydrogens is 389 g/mol. The molecule has 3 heterocycles. The molecule has 2 aliphatic rings. The zero-order chi connectivity index (χ0) is 21.4. The summed E-state index contributed by atoms with van der Waals surface area (Å²) in [7, 11) is 0. The first kappa shape index (κ1) is 20.8. The van der Waals surface area contributed by atoms with Gasteiger partial charge in [0.25, 0.3) is 5.91 Å². The number of amides is 2. The molecule has 2 aromatic rings. The van der Waals surface area contributed by atoms with E-state index in [1.165, 1.54) is 6.07 Å². The number of hydrogen-bond acceptors (Lipinski definition) is 5. The van der Waals surface area contributed by atoms with E-state index in [1.54, 1.807) is 30.9 Å². The van der Waals surface area contributed by atoms with Crippen molar-refractivity contribution in [3.8, 4) is 0 Å². The first-order chi connectivity index (χ1) is 14.4. The SMILES string of the molecule is CC(=O)N1CCN([C@H]2CCN(C(=O)c3oc4c(F)cccc4c3C)CC[C@@H]2O)CC1. The Morgan fingerprint density at radius 3 is 2.43 bits per heavy atom. The minimum absolute atomic E-state index is 0.0499. The predicted octanol–water partition coefficient (Wildman–Crippen LogP) is 2.01. The Labute approximate surface area is 175 Å². The number of carbonyl (C=O) groups is 2. The molecule has 0 spiro atoms. The lowest BCUT2D eigenvalue weighted by molar-refractivity contribution is -0.131. The van der Waals surface area contributed by atoms with Crippen molar-refractivity contribution in [1.82, 2.24) is 14.7 Å². The lowest BCUT2D eigenvalue weighted by Gasteiger charge is -2.40. The van der Waals surface area contributed by atoms with E-state index in [4.69, 9.17) is 4.42 Å². The van der Waals surface area contributed by atoms with Crippen LogP contribution in [0.2, 0.25) is 0 Å². The van der Waals surface area contributed by atoms with Crippen LogP contribution in [-0.2, 0) is 4.79 Å². The number of hydrogen-bond donors (Lipinski definition) is 1. The molecule has 2 fully saturated rings. The lowest BCUT2D eigenvalue weighted by atomic mass is 10.0. The summed E-state index contributed by atoms with van der Waals surface area (Å²) in [4.78, 5) is 30.4. The maximum absolute atomic E-state index is 14.1. The Morgan fingerprint density at radius 2 is 1.77 bits per heavy atom. The van der Waals surface area contributed by atoms with Crippen LogP contribution in [0.15, 0.2) is 22.6 Å². The van der Waals surface area contributed by atoms with Crippen molar-refractivity contribution in [1.29, 1.82) is 0 Å². The van der Waals surface area contributed by atoms with Crippen molar-refractivity contribution in [2.75, 3.05) is 39.3 Å². The molecule has 7 nitrogen and oxygen atoms in total. The van der Waals surface area contributed by atoms with E-state index in [9.17, 15) is 19.1 Å². The highest BCUT2D eigenvalue weighted by Crippen LogP contribution is 2.29. The summed E-state index contributed by atoms with van der Waals surface area (Å²) in [6.45, 7) is 7.01. The second-order valence-electron chi connectivity index (χ2n) is 8.22. The van der Waals surface area contributed by atoms with Crippen LogP contribution in [0.4, 0.5) is 4.39 Å². The van der Waals surface area contributed by atoms with Crippen LogP contribution in [0.25, 0.3) is 11.0 Å². The number of nitrogens with zero attached hydrogens (tertiary/aromatic N) is 3. The van der Waals surface area contributed by atoms with E-state index in [0.717, 1.165) is 13.1 Å². The van der Waals surface area contributed by atoms with Crippen molar-refractivity contribution < 1.29 is 23.5 Å². The van der Waals surface area contributed by atoms with Gasteiger partial charge in [0.1, 0.15) is 0 Å². The number of likely N-dealkylation sites (tertiary alicyclic amines) is 1. The van der Waals surface area contributed by atoms with E-state index >= 15 is 0 Å². The van der Waals surface area contributed by atoms with Gasteiger partial charge in [0.05, 0.1) is 6.10 Å². The molecule has 30 heavy (non-hydrogen) atoms. The average Bonchev–Trinajstić information content (AvgIpc) is 2.95. The molecule has 1 N–H and O–H groups in total. The Kier molecular flexibility index (Phi) is 5.79. The third-order valence-corrected chi connectivity index (χ3v) is 6.46. The van der Waals surface area contributed by atoms with Crippen LogP contribution < -0.4 is 0 Å². The summed E-state index contributed by atoms with van der Waals surface area (Å²) >= 11 is 0. The number of benzene rings is 1. The first-order valence-electron chi connectivity index (χ1n) is 10.5. The van der Waals surface area contributed by atoms with Crippen molar-refractivity contribution in [2.24, 2.45) is 0 Å². The molecule has 0 unspecified atom stereocenters. The molecule has 2 atom stereocenters. The fourth-order valence-corrected chi connectivity index (χ4v) is 4.63. The molecule has 0 radical (unpaired) electrons. The number of furan rings is 1. The fourth-order valence-electron chi connectivity index (χ4n) is 4.63. The zero-order valence-corrected chi connectivity index (χ0v) is 17.4. The molecule has 2 aliphatic heterocycles. The summed E-state index contributed by atoms with van der Waals surface area (Å²) in [5.74, 6) is -0.508. The van der Waals surface area contributed by atoms with Gasteiger partial charge in [-0.2, -0.15) is 0 Å². The second kappa shape index (κ2) is 8.35. The number of halogens is 1. The van der Waals surface area contributed by atoms with Gasteiger partial charge in [0.15, 0.2) is 17.2 Å². The average molecular weight is 417 g/mol. The van der Waals surface area contributed by atoms with Crippen molar-refractivity contribution in [3.05, 3.63) is 35.3 Å². The van der Waals surface area contributed by atoms with Gasteiger partial charge in [-0.1, -0.05) is 12.1 Å². The summed E-state index contributed by atoms with van der Waals surface area (Å²) in [6.07, 6.45) is 0.568. The number of para-hydroxylation sites is 1. The van der Waals surface area contributed by atoms with Crippen LogP contribution in [0.3, 0.4) is 0 Å². The molecule has 2 saturated heterocycles. The number of fused-ring (bicyclic) bond motifs is 1. The maximum Gasteiger partial charge on any atom is 0.289 e. The van der Waals surface area contributed by atoms with Crippen molar-refractivity contribution in [3.63, 3.8) is 0 Å². The highest BCUT2D eigenvalue weighted by molar-refractivity contribution is 5.99. The lowest BCUT2D eigenvalue weighted by Crippen LogP contribution is -2.54. The van der Waals surface area contributed by atoms with Crippen LogP contribution in [0, 0.1) is 12.7 Å². The van der Waals surface area contributed by atoms with E-state index in [2.05, 4.69) is 4.90 Å². The molecule has 162 valence electrons. The van der Waals surface area contributed by atoms with Gasteiger partial charge in [0, 0.05) is 63.2 Å². The van der Waals surface area contributed by atoms with Gasteiger partial charge < -0.3 is 19.3 Å². The minimum atomic E-state index is -0.541. The van der Waals surface area contributed by atoms with Gasteiger partial charge in [-0.05, 0) is 25.8 Å². The van der Waals surface area contributed by atoms with E-state index in [1.807, 2.05) is 4.90 Å². The molecule has 4 rings (SSSR count). The maximum atomic E-state index is 14.1. The summed E-state index contributed by atoms with van der Waals surface area (Å²) in [5.41, 5.74) is 0.741. The molecule has 0 saturated carbocycles. The summed E-state index contributed by atoms with van der Waals surface area (Å²) < 4.78 is 19.7. The van der Waals surface area contributed by atoms with Gasteiger partial charge in [0.2, 0.25) is 5.91 Å². The largest absolute Gasteiger partial charge is 0.448 e. The van der Waals surface area contributed by atoms with Gasteiger partial charge in [-0.3, -0.25) is 14.5 Å². The summed E-state index contributed by atoms with van der Waals surface area (Å²) in [6, 6.07) is 4.62. The Balaban J connectivity index is 1.46. The quantitative estimate of drug-likeness (QED) is 0.809. The Morgan fingerprint density at radius 1 is 1.07 bits per heavy atom. The van der Waals surface area contributed by atoms with Crippen LogP contribution in [0.5, 0.6) is 0 Å². The van der Waals surface area contributed by atoms with Gasteiger partial charge in [-0.15, -0.1) is 0 Å². The zero-order valence-electron chi connectivity index (χ0n) is 17.4. The minimum Gasteiger partial charge on any atom is -0.448 e. The normalized spacial score (nSPS) is 23.6. The fraction of sp³-hybridized carbons (Fsp3) is 0.545. The molecular formula is C22H28FN3O4. The molecule has 1 aromatic heterocycles. The van der Waals surface area contributed by atoms with E-state index in [0.29, 0.717) is 50.0 Å².